The number of anilines is 2. The molecule has 0 saturated heterocycles. The molecule has 2 heteroatoms. The Kier molecular flexibility index (Phi) is 3.79. The summed E-state index contributed by atoms with van der Waals surface area (Å²) in [7, 11) is 0. The molecule has 0 aliphatic heterocycles. The van der Waals surface area contributed by atoms with Gasteiger partial charge in [-0.1, -0.05) is 31.2 Å². The van der Waals surface area contributed by atoms with Crippen LogP contribution in [0.2, 0.25) is 0 Å². The SMILES string of the molecule is CCC(c1cccc(N)c1C)c1cccc(N)c1C. The van der Waals surface area contributed by atoms with Crippen LogP contribution in [0.5, 0.6) is 0 Å². The van der Waals surface area contributed by atoms with E-state index < -0.39 is 0 Å². The van der Waals surface area contributed by atoms with Crippen LogP contribution in [0.1, 0.15) is 41.5 Å². The van der Waals surface area contributed by atoms with E-state index in [4.69, 9.17) is 11.5 Å². The number of hydrogen-bond acceptors (Lipinski definition) is 2. The minimum absolute atomic E-state index is 0.354. The molecular formula is C17H22N2. The van der Waals surface area contributed by atoms with Gasteiger partial charge in [0, 0.05) is 17.3 Å². The van der Waals surface area contributed by atoms with Gasteiger partial charge in [-0.05, 0) is 54.7 Å². The van der Waals surface area contributed by atoms with E-state index in [-0.39, 0.29) is 0 Å². The molecule has 2 aromatic carbocycles. The summed E-state index contributed by atoms with van der Waals surface area (Å²) in [4.78, 5) is 0. The van der Waals surface area contributed by atoms with Gasteiger partial charge in [0.25, 0.3) is 0 Å². The van der Waals surface area contributed by atoms with Crippen LogP contribution in [0, 0.1) is 13.8 Å². The van der Waals surface area contributed by atoms with Gasteiger partial charge in [0.05, 0.1) is 0 Å². The molecule has 2 aromatic rings. The molecule has 0 aliphatic rings. The lowest BCUT2D eigenvalue weighted by atomic mass is 9.84. The lowest BCUT2D eigenvalue weighted by Crippen LogP contribution is -2.07. The molecule has 100 valence electrons. The van der Waals surface area contributed by atoms with Crippen LogP contribution in [-0.2, 0) is 0 Å². The average molecular weight is 254 g/mol. The number of nitrogens with two attached hydrogens (primary N) is 2. The predicted octanol–water partition coefficient (Wildman–Crippen LogP) is 4.01. The summed E-state index contributed by atoms with van der Waals surface area (Å²) in [6.45, 7) is 6.39. The maximum atomic E-state index is 6.03. The second kappa shape index (κ2) is 5.35. The molecule has 2 rings (SSSR count). The molecule has 0 saturated carbocycles. The smallest absolute Gasteiger partial charge is 0.0346 e. The van der Waals surface area contributed by atoms with Gasteiger partial charge in [-0.3, -0.25) is 0 Å². The van der Waals surface area contributed by atoms with Crippen molar-refractivity contribution in [1.29, 1.82) is 0 Å². The van der Waals surface area contributed by atoms with Crippen LogP contribution >= 0.6 is 0 Å². The summed E-state index contributed by atoms with van der Waals surface area (Å²) in [6.07, 6.45) is 1.04. The molecule has 4 N–H and O–H groups in total. The van der Waals surface area contributed by atoms with Crippen molar-refractivity contribution < 1.29 is 0 Å². The molecule has 0 atom stereocenters. The zero-order valence-electron chi connectivity index (χ0n) is 11.9. The first kappa shape index (κ1) is 13.5. The van der Waals surface area contributed by atoms with Gasteiger partial charge in [0.1, 0.15) is 0 Å². The van der Waals surface area contributed by atoms with E-state index in [0.29, 0.717) is 5.92 Å². The fourth-order valence-corrected chi connectivity index (χ4v) is 2.71. The van der Waals surface area contributed by atoms with E-state index in [0.717, 1.165) is 17.8 Å². The Morgan fingerprint density at radius 3 is 1.63 bits per heavy atom. The summed E-state index contributed by atoms with van der Waals surface area (Å²) in [5, 5.41) is 0. The Morgan fingerprint density at radius 1 is 0.842 bits per heavy atom. The van der Waals surface area contributed by atoms with Gasteiger partial charge >= 0.3 is 0 Å². The van der Waals surface area contributed by atoms with E-state index in [1.54, 1.807) is 0 Å². The maximum absolute atomic E-state index is 6.03. The lowest BCUT2D eigenvalue weighted by molar-refractivity contribution is 0.766. The molecule has 0 spiro atoms. The van der Waals surface area contributed by atoms with Crippen LogP contribution in [0.25, 0.3) is 0 Å². The fraction of sp³-hybridized carbons (Fsp3) is 0.294. The van der Waals surface area contributed by atoms with E-state index in [9.17, 15) is 0 Å². The van der Waals surface area contributed by atoms with Gasteiger partial charge in [-0.15, -0.1) is 0 Å². The van der Waals surface area contributed by atoms with Crippen molar-refractivity contribution in [2.24, 2.45) is 0 Å². The third kappa shape index (κ3) is 2.43. The zero-order valence-corrected chi connectivity index (χ0v) is 11.9. The fourth-order valence-electron chi connectivity index (χ4n) is 2.71. The molecule has 0 heterocycles. The Labute approximate surface area is 115 Å². The summed E-state index contributed by atoms with van der Waals surface area (Å²) < 4.78 is 0. The highest BCUT2D eigenvalue weighted by atomic mass is 14.6. The Bertz CT molecular complexity index is 536. The van der Waals surface area contributed by atoms with Crippen LogP contribution in [-0.4, -0.2) is 0 Å². The number of benzene rings is 2. The third-order valence-electron chi connectivity index (χ3n) is 3.99. The second-order valence-corrected chi connectivity index (χ2v) is 5.08. The van der Waals surface area contributed by atoms with Gasteiger partial charge < -0.3 is 11.5 Å². The number of hydrogen-bond donors (Lipinski definition) is 2. The molecule has 0 unspecified atom stereocenters. The van der Waals surface area contributed by atoms with Gasteiger partial charge in [-0.25, -0.2) is 0 Å². The normalized spacial score (nSPS) is 10.9. The largest absolute Gasteiger partial charge is 0.399 e. The van der Waals surface area contributed by atoms with E-state index in [2.05, 4.69) is 32.9 Å². The number of rotatable bonds is 3. The Hall–Kier alpha value is -1.96. The van der Waals surface area contributed by atoms with Crippen molar-refractivity contribution in [2.45, 2.75) is 33.1 Å². The maximum Gasteiger partial charge on any atom is 0.0346 e. The van der Waals surface area contributed by atoms with Crippen LogP contribution in [0.3, 0.4) is 0 Å². The topological polar surface area (TPSA) is 52.0 Å². The predicted molar refractivity (Wildman–Crippen MR) is 83.3 cm³/mol. The molecule has 19 heavy (non-hydrogen) atoms. The van der Waals surface area contributed by atoms with Crippen LogP contribution < -0.4 is 11.5 Å². The first-order chi connectivity index (χ1) is 9.06. The average Bonchev–Trinajstić information content (AvgIpc) is 2.40. The number of nitrogen functional groups attached to an aromatic ring is 2. The van der Waals surface area contributed by atoms with Crippen LogP contribution in [0.15, 0.2) is 36.4 Å². The van der Waals surface area contributed by atoms with Gasteiger partial charge in [-0.2, -0.15) is 0 Å². The first-order valence-corrected chi connectivity index (χ1v) is 6.76. The van der Waals surface area contributed by atoms with Crippen molar-refractivity contribution in [3.8, 4) is 0 Å². The van der Waals surface area contributed by atoms with E-state index >= 15 is 0 Å². The molecule has 2 nitrogen and oxygen atoms in total. The van der Waals surface area contributed by atoms with Crippen molar-refractivity contribution >= 4 is 11.4 Å². The summed E-state index contributed by atoms with van der Waals surface area (Å²) >= 11 is 0. The van der Waals surface area contributed by atoms with Crippen molar-refractivity contribution in [3.05, 3.63) is 58.7 Å². The molecule has 0 aromatic heterocycles. The van der Waals surface area contributed by atoms with E-state index in [1.807, 2.05) is 24.3 Å². The monoisotopic (exact) mass is 254 g/mol. The molecule has 0 amide bonds. The molecule has 0 radical (unpaired) electrons. The van der Waals surface area contributed by atoms with E-state index in [1.165, 1.54) is 22.3 Å². The highest BCUT2D eigenvalue weighted by Crippen LogP contribution is 2.35. The molecular weight excluding hydrogens is 232 g/mol. The molecule has 0 fully saturated rings. The second-order valence-electron chi connectivity index (χ2n) is 5.08. The van der Waals surface area contributed by atoms with Gasteiger partial charge in [0.2, 0.25) is 0 Å². The molecule has 0 bridgehead atoms. The quantitative estimate of drug-likeness (QED) is 0.813. The summed E-state index contributed by atoms with van der Waals surface area (Å²) in [5.74, 6) is 0.354. The molecule has 0 aliphatic carbocycles. The van der Waals surface area contributed by atoms with Crippen molar-refractivity contribution in [3.63, 3.8) is 0 Å². The standard InChI is InChI=1S/C17H22N2/c1-4-13(14-7-5-9-16(18)11(14)2)15-8-6-10-17(19)12(15)3/h5-10,13H,4,18-19H2,1-3H3. The Morgan fingerprint density at radius 2 is 1.26 bits per heavy atom. The minimum atomic E-state index is 0.354. The van der Waals surface area contributed by atoms with Crippen LogP contribution in [0.4, 0.5) is 11.4 Å². The highest BCUT2D eigenvalue weighted by molar-refractivity contribution is 5.57. The van der Waals surface area contributed by atoms with Gasteiger partial charge in [0.15, 0.2) is 0 Å². The first-order valence-electron chi connectivity index (χ1n) is 6.76. The van der Waals surface area contributed by atoms with Crippen molar-refractivity contribution in [1.82, 2.24) is 0 Å². The Balaban J connectivity index is 2.57. The van der Waals surface area contributed by atoms with Crippen molar-refractivity contribution in [2.75, 3.05) is 11.5 Å². The summed E-state index contributed by atoms with van der Waals surface area (Å²) in [5.41, 5.74) is 18.7. The lowest BCUT2D eigenvalue weighted by Gasteiger charge is -2.22. The zero-order chi connectivity index (χ0) is 14.0. The minimum Gasteiger partial charge on any atom is -0.399 e. The third-order valence-corrected chi connectivity index (χ3v) is 3.99. The highest BCUT2D eigenvalue weighted by Gasteiger charge is 2.17. The summed E-state index contributed by atoms with van der Waals surface area (Å²) in [6, 6.07) is 12.3.